The molecule has 0 unspecified atom stereocenters. The number of pyridine rings is 1. The molecule has 1 aromatic carbocycles. The Balaban J connectivity index is 1.61. The maximum atomic E-state index is 13.8. The van der Waals surface area contributed by atoms with Gasteiger partial charge < -0.3 is 9.42 Å². The summed E-state index contributed by atoms with van der Waals surface area (Å²) in [6.45, 7) is 1.61. The van der Waals surface area contributed by atoms with Crippen LogP contribution in [-0.2, 0) is 12.7 Å². The fourth-order valence-electron chi connectivity index (χ4n) is 2.85. The summed E-state index contributed by atoms with van der Waals surface area (Å²) in [5, 5.41) is 3.31. The van der Waals surface area contributed by atoms with Crippen LogP contribution in [0.4, 0.5) is 23.2 Å². The summed E-state index contributed by atoms with van der Waals surface area (Å²) in [5.41, 5.74) is 1.03. The van der Waals surface area contributed by atoms with Crippen LogP contribution in [0.1, 0.15) is 27.8 Å². The van der Waals surface area contributed by atoms with Crippen molar-refractivity contribution in [3.8, 4) is 11.4 Å². The third-order valence-electron chi connectivity index (χ3n) is 4.46. The smallest absolute Gasteiger partial charge is 0.329 e. The Morgan fingerprint density at radius 3 is 2.42 bits per heavy atom. The van der Waals surface area contributed by atoms with Crippen LogP contribution in [0, 0.1) is 12.7 Å². The minimum Gasteiger partial charge on any atom is -0.329 e. The van der Waals surface area contributed by atoms with Gasteiger partial charge in [0.05, 0.1) is 17.8 Å². The Labute approximate surface area is 183 Å². The van der Waals surface area contributed by atoms with Gasteiger partial charge in [-0.25, -0.2) is 14.4 Å². The summed E-state index contributed by atoms with van der Waals surface area (Å²) in [6.07, 6.45) is -0.780. The predicted octanol–water partition coefficient (Wildman–Crippen LogP) is 4.23. The van der Waals surface area contributed by atoms with Gasteiger partial charge in [0.1, 0.15) is 11.6 Å². The summed E-state index contributed by atoms with van der Waals surface area (Å²) in [5.74, 6) is -2.29. The largest absolute Gasteiger partial charge is 0.471 e. The lowest BCUT2D eigenvalue weighted by Crippen LogP contribution is -2.31. The molecule has 168 valence electrons. The zero-order chi connectivity index (χ0) is 23.6. The highest BCUT2D eigenvalue weighted by Crippen LogP contribution is 2.29. The molecule has 0 atom stereocenters. The Morgan fingerprint density at radius 1 is 1.06 bits per heavy atom. The molecule has 0 aliphatic heterocycles. The van der Waals surface area contributed by atoms with E-state index in [0.717, 1.165) is 0 Å². The van der Waals surface area contributed by atoms with E-state index in [0.29, 0.717) is 11.5 Å². The van der Waals surface area contributed by atoms with Crippen molar-refractivity contribution in [2.24, 2.45) is 0 Å². The Morgan fingerprint density at radius 2 is 1.82 bits per heavy atom. The average Bonchev–Trinajstić information content (AvgIpc) is 3.29. The molecule has 0 radical (unpaired) electrons. The molecule has 8 nitrogen and oxygen atoms in total. The van der Waals surface area contributed by atoms with Crippen LogP contribution in [-0.4, -0.2) is 31.0 Å². The highest BCUT2D eigenvalue weighted by molar-refractivity contribution is 6.05. The second-order valence-electron chi connectivity index (χ2n) is 6.85. The summed E-state index contributed by atoms with van der Waals surface area (Å²) in [6, 6.07) is 8.39. The first-order valence-corrected chi connectivity index (χ1v) is 9.43. The van der Waals surface area contributed by atoms with E-state index < -0.39 is 23.8 Å². The zero-order valence-electron chi connectivity index (χ0n) is 16.9. The fourth-order valence-corrected chi connectivity index (χ4v) is 2.85. The Kier molecular flexibility index (Phi) is 5.82. The SMILES string of the molecule is Cc1ncc(C(=O)N(Cc2ccc(-c3noc(C(F)(F)F)n3)cn2)c2cccc(F)c2)cn1. The maximum Gasteiger partial charge on any atom is 0.471 e. The molecule has 1 amide bonds. The molecule has 0 N–H and O–H groups in total. The lowest BCUT2D eigenvalue weighted by Gasteiger charge is -2.22. The van der Waals surface area contributed by atoms with Gasteiger partial charge in [0.25, 0.3) is 5.91 Å². The van der Waals surface area contributed by atoms with Crippen molar-refractivity contribution in [1.82, 2.24) is 25.1 Å². The van der Waals surface area contributed by atoms with E-state index in [4.69, 9.17) is 0 Å². The second-order valence-corrected chi connectivity index (χ2v) is 6.85. The van der Waals surface area contributed by atoms with Crippen LogP contribution < -0.4 is 4.90 Å². The van der Waals surface area contributed by atoms with Crippen LogP contribution in [0.3, 0.4) is 0 Å². The number of carbonyl (C=O) groups excluding carboxylic acids is 1. The quantitative estimate of drug-likeness (QED) is 0.413. The predicted molar refractivity (Wildman–Crippen MR) is 106 cm³/mol. The molecule has 0 saturated heterocycles. The number of benzene rings is 1. The molecule has 0 aliphatic rings. The molecule has 0 saturated carbocycles. The highest BCUT2D eigenvalue weighted by atomic mass is 19.4. The van der Waals surface area contributed by atoms with E-state index in [9.17, 15) is 22.4 Å². The van der Waals surface area contributed by atoms with Gasteiger partial charge in [-0.3, -0.25) is 9.78 Å². The number of aromatic nitrogens is 5. The molecule has 0 aliphatic carbocycles. The molecule has 0 fully saturated rings. The van der Waals surface area contributed by atoms with Gasteiger partial charge >= 0.3 is 12.1 Å². The van der Waals surface area contributed by atoms with Crippen molar-refractivity contribution < 1.29 is 26.9 Å². The van der Waals surface area contributed by atoms with Crippen LogP contribution in [0.25, 0.3) is 11.4 Å². The molecule has 3 heterocycles. The maximum absolute atomic E-state index is 13.8. The van der Waals surface area contributed by atoms with E-state index in [1.54, 1.807) is 13.0 Å². The van der Waals surface area contributed by atoms with Crippen LogP contribution in [0.2, 0.25) is 0 Å². The lowest BCUT2D eigenvalue weighted by molar-refractivity contribution is -0.159. The van der Waals surface area contributed by atoms with Gasteiger partial charge in [0.15, 0.2) is 0 Å². The van der Waals surface area contributed by atoms with E-state index in [2.05, 4.69) is 29.6 Å². The van der Waals surface area contributed by atoms with Gasteiger partial charge in [0, 0.05) is 29.8 Å². The lowest BCUT2D eigenvalue weighted by atomic mass is 10.2. The molecule has 12 heteroatoms. The molecule has 0 bridgehead atoms. The van der Waals surface area contributed by atoms with Crippen molar-refractivity contribution >= 4 is 11.6 Å². The number of nitrogens with zero attached hydrogens (tertiary/aromatic N) is 6. The van der Waals surface area contributed by atoms with Crippen LogP contribution >= 0.6 is 0 Å². The number of anilines is 1. The highest BCUT2D eigenvalue weighted by Gasteiger charge is 2.38. The van der Waals surface area contributed by atoms with E-state index in [1.165, 1.54) is 53.8 Å². The molecular weight excluding hydrogens is 444 g/mol. The number of halogens is 4. The van der Waals surface area contributed by atoms with Crippen LogP contribution in [0.5, 0.6) is 0 Å². The summed E-state index contributed by atoms with van der Waals surface area (Å²) < 4.78 is 56.1. The minimum atomic E-state index is -4.76. The third kappa shape index (κ3) is 5.00. The van der Waals surface area contributed by atoms with E-state index in [-0.39, 0.29) is 29.2 Å². The number of carbonyl (C=O) groups is 1. The summed E-state index contributed by atoms with van der Waals surface area (Å²) >= 11 is 0. The van der Waals surface area contributed by atoms with E-state index in [1.807, 2.05) is 0 Å². The Bertz CT molecular complexity index is 1270. The summed E-state index contributed by atoms with van der Waals surface area (Å²) in [4.78, 5) is 29.9. The summed E-state index contributed by atoms with van der Waals surface area (Å²) in [7, 11) is 0. The number of alkyl halides is 3. The molecule has 4 aromatic rings. The number of rotatable bonds is 5. The van der Waals surface area contributed by atoms with Gasteiger partial charge in [0.2, 0.25) is 5.82 Å². The number of hydrogen-bond acceptors (Lipinski definition) is 7. The van der Waals surface area contributed by atoms with Crippen molar-refractivity contribution in [2.75, 3.05) is 4.90 Å². The number of hydrogen-bond donors (Lipinski definition) is 0. The fraction of sp³-hybridized carbons (Fsp3) is 0.143. The molecular formula is C21H14F4N6O2. The average molecular weight is 458 g/mol. The Hall–Kier alpha value is -4.22. The van der Waals surface area contributed by atoms with Crippen molar-refractivity contribution in [2.45, 2.75) is 19.6 Å². The van der Waals surface area contributed by atoms with Gasteiger partial charge in [-0.2, -0.15) is 18.2 Å². The monoisotopic (exact) mass is 458 g/mol. The van der Waals surface area contributed by atoms with Gasteiger partial charge in [-0.05, 0) is 37.3 Å². The van der Waals surface area contributed by atoms with Crippen molar-refractivity contribution in [1.29, 1.82) is 0 Å². The van der Waals surface area contributed by atoms with Crippen molar-refractivity contribution in [3.63, 3.8) is 0 Å². The topological polar surface area (TPSA) is 97.9 Å². The van der Waals surface area contributed by atoms with Gasteiger partial charge in [-0.1, -0.05) is 11.2 Å². The van der Waals surface area contributed by atoms with E-state index >= 15 is 0 Å². The normalized spacial score (nSPS) is 11.4. The first kappa shape index (κ1) is 22.0. The minimum absolute atomic E-state index is 0.0590. The third-order valence-corrected chi connectivity index (χ3v) is 4.46. The number of aryl methyl sites for hydroxylation is 1. The first-order chi connectivity index (χ1) is 15.7. The number of amides is 1. The van der Waals surface area contributed by atoms with Gasteiger partial charge in [-0.15, -0.1) is 0 Å². The van der Waals surface area contributed by atoms with Crippen LogP contribution in [0.15, 0.2) is 59.5 Å². The zero-order valence-corrected chi connectivity index (χ0v) is 16.9. The van der Waals surface area contributed by atoms with Crippen molar-refractivity contribution in [3.05, 3.63) is 83.8 Å². The molecule has 4 rings (SSSR count). The first-order valence-electron chi connectivity index (χ1n) is 9.43. The molecule has 0 spiro atoms. The standard InChI is InChI=1S/C21H14F4N6O2/c1-12-26-9-14(10-27-12)19(32)31(17-4-2-3-15(22)7-17)11-16-6-5-13(8-28-16)18-29-20(33-30-18)21(23,24)25/h2-10H,11H2,1H3. The molecule has 33 heavy (non-hydrogen) atoms. The second kappa shape index (κ2) is 8.73. The molecule has 3 aromatic heterocycles.